The zero-order valence-corrected chi connectivity index (χ0v) is 21.0. The number of nitrogens with zero attached hydrogens (tertiary/aromatic N) is 1. The standard InChI is InChI=1S/C31H32FNO4/c1-36-29-14-13-21(32)15-20(29)16-31(35)17-22-7-6-8-23(18-31)33(22)30(34)37-19-28-26-11-4-2-9-24(26)25-10-3-5-12-27(25)28/h2-5,9-15,22-23,28,35H,6-8,16-19H2,1H3. The summed E-state index contributed by atoms with van der Waals surface area (Å²) in [6.07, 6.45) is 3.52. The minimum Gasteiger partial charge on any atom is -0.496 e. The Morgan fingerprint density at radius 3 is 2.24 bits per heavy atom. The second-order valence-electron chi connectivity index (χ2n) is 10.7. The van der Waals surface area contributed by atoms with Crippen molar-refractivity contribution in [1.82, 2.24) is 4.90 Å². The summed E-state index contributed by atoms with van der Waals surface area (Å²) in [5.41, 5.74) is 4.40. The van der Waals surface area contributed by atoms with Gasteiger partial charge in [-0.15, -0.1) is 0 Å². The van der Waals surface area contributed by atoms with Gasteiger partial charge in [-0.25, -0.2) is 9.18 Å². The van der Waals surface area contributed by atoms with Crippen molar-refractivity contribution in [3.63, 3.8) is 0 Å². The van der Waals surface area contributed by atoms with Crippen LogP contribution in [0.5, 0.6) is 5.75 Å². The van der Waals surface area contributed by atoms with Gasteiger partial charge < -0.3 is 19.5 Å². The molecule has 1 amide bonds. The topological polar surface area (TPSA) is 59.0 Å². The van der Waals surface area contributed by atoms with Gasteiger partial charge in [0.2, 0.25) is 0 Å². The van der Waals surface area contributed by atoms with Gasteiger partial charge in [0.1, 0.15) is 18.2 Å². The molecule has 1 aliphatic carbocycles. The van der Waals surface area contributed by atoms with Crippen molar-refractivity contribution in [2.24, 2.45) is 0 Å². The molecule has 3 aromatic rings. The fourth-order valence-electron chi connectivity index (χ4n) is 6.88. The molecule has 2 saturated heterocycles. The van der Waals surface area contributed by atoms with Gasteiger partial charge in [0.25, 0.3) is 0 Å². The number of carbonyl (C=O) groups is 1. The molecule has 1 N–H and O–H groups in total. The van der Waals surface area contributed by atoms with Crippen molar-refractivity contribution < 1.29 is 23.8 Å². The van der Waals surface area contributed by atoms with Crippen LogP contribution in [0.1, 0.15) is 54.7 Å². The van der Waals surface area contributed by atoms with Gasteiger partial charge in [-0.2, -0.15) is 0 Å². The van der Waals surface area contributed by atoms with Crippen molar-refractivity contribution in [1.29, 1.82) is 0 Å². The third kappa shape index (κ3) is 4.37. The average molecular weight is 502 g/mol. The number of ether oxygens (including phenoxy) is 2. The minimum atomic E-state index is -1.03. The van der Waals surface area contributed by atoms with Crippen LogP contribution in [0.4, 0.5) is 9.18 Å². The number of piperidine rings is 2. The van der Waals surface area contributed by atoms with E-state index in [1.165, 1.54) is 34.4 Å². The first-order chi connectivity index (χ1) is 18.0. The highest BCUT2D eigenvalue weighted by atomic mass is 19.1. The number of rotatable bonds is 5. The van der Waals surface area contributed by atoms with Gasteiger partial charge in [0.15, 0.2) is 0 Å². The summed E-state index contributed by atoms with van der Waals surface area (Å²) in [6.45, 7) is 0.285. The summed E-state index contributed by atoms with van der Waals surface area (Å²) >= 11 is 0. The lowest BCUT2D eigenvalue weighted by Gasteiger charge is -2.51. The molecular formula is C31H32FNO4. The van der Waals surface area contributed by atoms with E-state index in [1.54, 1.807) is 13.2 Å². The van der Waals surface area contributed by atoms with E-state index in [0.717, 1.165) is 19.3 Å². The summed E-state index contributed by atoms with van der Waals surface area (Å²) in [7, 11) is 1.55. The van der Waals surface area contributed by atoms with Crippen LogP contribution in [0, 0.1) is 5.82 Å². The minimum absolute atomic E-state index is 0.0124. The number of fused-ring (bicyclic) bond motifs is 5. The Morgan fingerprint density at radius 1 is 1.00 bits per heavy atom. The first-order valence-corrected chi connectivity index (χ1v) is 13.1. The molecule has 37 heavy (non-hydrogen) atoms. The Balaban J connectivity index is 1.18. The van der Waals surface area contributed by atoms with Crippen molar-refractivity contribution >= 4 is 6.09 Å². The van der Waals surface area contributed by atoms with Gasteiger partial charge >= 0.3 is 6.09 Å². The van der Waals surface area contributed by atoms with Gasteiger partial charge in [-0.3, -0.25) is 0 Å². The fraction of sp³-hybridized carbons (Fsp3) is 0.387. The second-order valence-corrected chi connectivity index (χ2v) is 10.7. The molecular weight excluding hydrogens is 469 g/mol. The second kappa shape index (κ2) is 9.49. The van der Waals surface area contributed by atoms with E-state index >= 15 is 0 Å². The molecule has 2 atom stereocenters. The fourth-order valence-corrected chi connectivity index (χ4v) is 6.88. The molecule has 0 aromatic heterocycles. The lowest BCUT2D eigenvalue weighted by Crippen LogP contribution is -2.60. The number of methoxy groups -OCH3 is 1. The quantitative estimate of drug-likeness (QED) is 0.461. The SMILES string of the molecule is COc1ccc(F)cc1CC1(O)CC2CCCC(C1)N2C(=O)OCC1c2ccccc2-c2ccccc21. The lowest BCUT2D eigenvalue weighted by atomic mass is 9.73. The highest BCUT2D eigenvalue weighted by molar-refractivity contribution is 5.79. The maximum atomic E-state index is 14.0. The van der Waals surface area contributed by atoms with Gasteiger partial charge in [-0.1, -0.05) is 48.5 Å². The van der Waals surface area contributed by atoms with E-state index in [4.69, 9.17) is 9.47 Å². The van der Waals surface area contributed by atoms with Crippen LogP contribution in [0.25, 0.3) is 11.1 Å². The number of carbonyl (C=O) groups excluding carboxylic acids is 1. The number of aliphatic hydroxyl groups is 1. The van der Waals surface area contributed by atoms with Crippen molar-refractivity contribution in [3.05, 3.63) is 89.2 Å². The van der Waals surface area contributed by atoms with E-state index in [2.05, 4.69) is 24.3 Å². The number of halogens is 1. The Labute approximate surface area is 216 Å². The number of amides is 1. The number of hydrogen-bond donors (Lipinski definition) is 1. The van der Waals surface area contributed by atoms with Crippen molar-refractivity contribution in [2.45, 2.75) is 62.1 Å². The van der Waals surface area contributed by atoms with Gasteiger partial charge in [0.05, 0.1) is 12.7 Å². The molecule has 192 valence electrons. The largest absolute Gasteiger partial charge is 0.496 e. The maximum absolute atomic E-state index is 14.0. The molecule has 6 rings (SSSR count). The predicted molar refractivity (Wildman–Crippen MR) is 139 cm³/mol. The summed E-state index contributed by atoms with van der Waals surface area (Å²) in [5.74, 6) is 0.230. The molecule has 2 heterocycles. The summed E-state index contributed by atoms with van der Waals surface area (Å²) in [5, 5.41) is 11.6. The van der Waals surface area contributed by atoms with Crippen LogP contribution in [-0.2, 0) is 11.2 Å². The number of benzene rings is 3. The lowest BCUT2D eigenvalue weighted by molar-refractivity contribution is -0.0842. The van der Waals surface area contributed by atoms with Crippen LogP contribution in [0.15, 0.2) is 66.7 Å². The molecule has 5 nitrogen and oxygen atoms in total. The monoisotopic (exact) mass is 501 g/mol. The molecule has 3 aromatic carbocycles. The summed E-state index contributed by atoms with van der Waals surface area (Å²) in [6, 6.07) is 20.8. The third-order valence-electron chi connectivity index (χ3n) is 8.40. The summed E-state index contributed by atoms with van der Waals surface area (Å²) in [4.78, 5) is 15.3. The van der Waals surface area contributed by atoms with E-state index in [0.29, 0.717) is 30.6 Å². The average Bonchev–Trinajstić information content (AvgIpc) is 3.20. The summed E-state index contributed by atoms with van der Waals surface area (Å²) < 4.78 is 25.4. The molecule has 2 bridgehead atoms. The third-order valence-corrected chi connectivity index (χ3v) is 8.40. The van der Waals surface area contributed by atoms with E-state index in [-0.39, 0.29) is 36.5 Å². The Bertz CT molecular complexity index is 1260. The normalized spacial score (nSPS) is 24.4. The van der Waals surface area contributed by atoms with E-state index in [9.17, 15) is 14.3 Å². The molecule has 3 aliphatic rings. The van der Waals surface area contributed by atoms with Crippen LogP contribution in [-0.4, -0.2) is 47.5 Å². The molecule has 2 aliphatic heterocycles. The van der Waals surface area contributed by atoms with E-state index < -0.39 is 5.60 Å². The smallest absolute Gasteiger partial charge is 0.410 e. The van der Waals surface area contributed by atoms with Crippen LogP contribution in [0.2, 0.25) is 0 Å². The predicted octanol–water partition coefficient (Wildman–Crippen LogP) is 6.07. The zero-order valence-electron chi connectivity index (χ0n) is 21.0. The Hall–Kier alpha value is -3.38. The highest BCUT2D eigenvalue weighted by Gasteiger charge is 2.48. The van der Waals surface area contributed by atoms with E-state index in [1.807, 2.05) is 29.2 Å². The number of hydrogen-bond acceptors (Lipinski definition) is 4. The molecule has 0 radical (unpaired) electrons. The van der Waals surface area contributed by atoms with Crippen LogP contribution >= 0.6 is 0 Å². The molecule has 0 saturated carbocycles. The van der Waals surface area contributed by atoms with Crippen molar-refractivity contribution in [2.75, 3.05) is 13.7 Å². The molecule has 6 heteroatoms. The first-order valence-electron chi connectivity index (χ1n) is 13.1. The van der Waals surface area contributed by atoms with Crippen LogP contribution < -0.4 is 4.74 Å². The Kier molecular flexibility index (Phi) is 6.15. The zero-order chi connectivity index (χ0) is 25.6. The van der Waals surface area contributed by atoms with Crippen LogP contribution in [0.3, 0.4) is 0 Å². The van der Waals surface area contributed by atoms with Crippen molar-refractivity contribution in [3.8, 4) is 16.9 Å². The van der Waals surface area contributed by atoms with Gasteiger partial charge in [-0.05, 0) is 78.1 Å². The maximum Gasteiger partial charge on any atom is 0.410 e. The highest BCUT2D eigenvalue weighted by Crippen LogP contribution is 2.45. The van der Waals surface area contributed by atoms with Gasteiger partial charge in [0, 0.05) is 24.4 Å². The molecule has 0 spiro atoms. The first kappa shape index (κ1) is 24.0. The Morgan fingerprint density at radius 2 is 1.62 bits per heavy atom. The molecule has 2 fully saturated rings. The molecule has 2 unspecified atom stereocenters.